The van der Waals surface area contributed by atoms with E-state index in [-0.39, 0.29) is 24.0 Å². The number of hydrogen-bond donors (Lipinski definition) is 0. The van der Waals surface area contributed by atoms with E-state index in [0.29, 0.717) is 26.1 Å². The molecular weight excluding hydrogens is 352 g/mol. The number of amides is 2. The molecule has 2 aromatic carbocycles. The van der Waals surface area contributed by atoms with Crippen molar-refractivity contribution in [2.24, 2.45) is 0 Å². The fourth-order valence-electron chi connectivity index (χ4n) is 4.09. The Morgan fingerprint density at radius 3 is 2.29 bits per heavy atom. The summed E-state index contributed by atoms with van der Waals surface area (Å²) in [6, 6.07) is 18.5. The molecule has 2 amide bonds. The number of hydrogen-bond acceptors (Lipinski definition) is 3. The van der Waals surface area contributed by atoms with Gasteiger partial charge in [-0.1, -0.05) is 54.6 Å². The van der Waals surface area contributed by atoms with Crippen LogP contribution in [0.5, 0.6) is 0 Å². The first-order valence-electron chi connectivity index (χ1n) is 9.85. The fraction of sp³-hybridized carbons (Fsp3) is 0.391. The fourth-order valence-corrected chi connectivity index (χ4v) is 4.09. The maximum absolute atomic E-state index is 12.7. The highest BCUT2D eigenvalue weighted by Crippen LogP contribution is 2.30. The van der Waals surface area contributed by atoms with Crippen molar-refractivity contribution in [3.63, 3.8) is 0 Å². The molecular formula is C23H26N2O3. The van der Waals surface area contributed by atoms with Gasteiger partial charge in [0.25, 0.3) is 0 Å². The van der Waals surface area contributed by atoms with Gasteiger partial charge in [-0.15, -0.1) is 0 Å². The zero-order chi connectivity index (χ0) is 19.6. The molecule has 5 heteroatoms. The lowest BCUT2D eigenvalue weighted by molar-refractivity contribution is -0.170. The molecule has 4 rings (SSSR count). The van der Waals surface area contributed by atoms with Gasteiger partial charge in [-0.2, -0.15) is 0 Å². The van der Waals surface area contributed by atoms with Crippen molar-refractivity contribution in [2.75, 3.05) is 33.3 Å². The van der Waals surface area contributed by atoms with E-state index < -0.39 is 0 Å². The van der Waals surface area contributed by atoms with Gasteiger partial charge < -0.3 is 14.5 Å². The molecule has 2 heterocycles. The number of benzene rings is 2. The van der Waals surface area contributed by atoms with Crippen molar-refractivity contribution in [1.82, 2.24) is 9.80 Å². The van der Waals surface area contributed by atoms with Crippen LogP contribution in [-0.4, -0.2) is 60.5 Å². The van der Waals surface area contributed by atoms with E-state index in [1.807, 2.05) is 42.3 Å². The zero-order valence-corrected chi connectivity index (χ0v) is 16.3. The van der Waals surface area contributed by atoms with Gasteiger partial charge in [-0.05, 0) is 29.5 Å². The minimum atomic E-state index is -0.281. The molecule has 0 atom stereocenters. The number of ether oxygens (including phenoxy) is 1. The lowest BCUT2D eigenvalue weighted by Crippen LogP contribution is -2.58. The SMILES string of the molecule is CN1CC2(CCN(C(=O)Cc3ccc(-c4ccccc4)cc3)CC2)OCC1=O. The number of nitrogens with zero attached hydrogens (tertiary/aromatic N) is 2. The van der Waals surface area contributed by atoms with E-state index in [2.05, 4.69) is 24.3 Å². The van der Waals surface area contributed by atoms with Crippen molar-refractivity contribution < 1.29 is 14.3 Å². The highest BCUT2D eigenvalue weighted by Gasteiger charge is 2.41. The highest BCUT2D eigenvalue weighted by molar-refractivity contribution is 5.79. The van der Waals surface area contributed by atoms with E-state index >= 15 is 0 Å². The van der Waals surface area contributed by atoms with Gasteiger partial charge >= 0.3 is 0 Å². The first-order chi connectivity index (χ1) is 13.5. The molecule has 28 heavy (non-hydrogen) atoms. The standard InChI is InChI=1S/C23H26N2O3/c1-24-17-23(28-16-22(24)27)11-13-25(14-12-23)21(26)15-18-7-9-20(10-8-18)19-5-3-2-4-6-19/h2-10H,11-17H2,1H3. The molecule has 2 fully saturated rings. The van der Waals surface area contributed by atoms with Gasteiger partial charge in [0.05, 0.1) is 12.0 Å². The summed E-state index contributed by atoms with van der Waals surface area (Å²) in [4.78, 5) is 28.0. The van der Waals surface area contributed by atoms with Crippen LogP contribution >= 0.6 is 0 Å². The molecule has 0 radical (unpaired) electrons. The van der Waals surface area contributed by atoms with Gasteiger partial charge in [0.15, 0.2) is 0 Å². The molecule has 0 aliphatic carbocycles. The van der Waals surface area contributed by atoms with Crippen LogP contribution in [0.25, 0.3) is 11.1 Å². The summed E-state index contributed by atoms with van der Waals surface area (Å²) in [5, 5.41) is 0. The summed E-state index contributed by atoms with van der Waals surface area (Å²) in [6.45, 7) is 2.14. The molecule has 2 aliphatic rings. The lowest BCUT2D eigenvalue weighted by Gasteiger charge is -2.46. The van der Waals surface area contributed by atoms with Crippen LogP contribution in [0.2, 0.25) is 0 Å². The second kappa shape index (κ2) is 7.76. The zero-order valence-electron chi connectivity index (χ0n) is 16.3. The van der Waals surface area contributed by atoms with E-state index in [0.717, 1.165) is 24.0 Å². The number of rotatable bonds is 3. The summed E-state index contributed by atoms with van der Waals surface area (Å²) in [7, 11) is 1.82. The number of carbonyl (C=O) groups excluding carboxylic acids is 2. The molecule has 2 aliphatic heterocycles. The van der Waals surface area contributed by atoms with Crippen LogP contribution in [0.1, 0.15) is 18.4 Å². The predicted octanol–water partition coefficient (Wildman–Crippen LogP) is 2.75. The molecule has 0 N–H and O–H groups in total. The third-order valence-corrected chi connectivity index (χ3v) is 5.90. The Bertz CT molecular complexity index is 840. The van der Waals surface area contributed by atoms with Crippen LogP contribution < -0.4 is 0 Å². The van der Waals surface area contributed by atoms with Gasteiger partial charge in [-0.25, -0.2) is 0 Å². The lowest BCUT2D eigenvalue weighted by atomic mass is 9.89. The Morgan fingerprint density at radius 1 is 1.00 bits per heavy atom. The van der Waals surface area contributed by atoms with E-state index in [9.17, 15) is 9.59 Å². The second-order valence-corrected chi connectivity index (χ2v) is 7.84. The summed E-state index contributed by atoms with van der Waals surface area (Å²) in [6.07, 6.45) is 1.98. The van der Waals surface area contributed by atoms with Gasteiger partial charge in [0, 0.05) is 26.7 Å². The van der Waals surface area contributed by atoms with Crippen LogP contribution in [0, 0.1) is 0 Å². The largest absolute Gasteiger partial charge is 0.363 e. The third-order valence-electron chi connectivity index (χ3n) is 5.90. The summed E-state index contributed by atoms with van der Waals surface area (Å²) < 4.78 is 5.86. The number of likely N-dealkylation sites (N-methyl/N-ethyl adjacent to an activating group) is 1. The Labute approximate surface area is 165 Å². The number of carbonyl (C=O) groups is 2. The van der Waals surface area contributed by atoms with E-state index in [1.165, 1.54) is 5.56 Å². The summed E-state index contributed by atoms with van der Waals surface area (Å²) in [5.74, 6) is 0.186. The van der Waals surface area contributed by atoms with E-state index in [1.54, 1.807) is 4.90 Å². The maximum atomic E-state index is 12.7. The maximum Gasteiger partial charge on any atom is 0.248 e. The average molecular weight is 378 g/mol. The topological polar surface area (TPSA) is 49.9 Å². The minimum absolute atomic E-state index is 0.0306. The van der Waals surface area contributed by atoms with Crippen molar-refractivity contribution in [1.29, 1.82) is 0 Å². The predicted molar refractivity (Wildman–Crippen MR) is 108 cm³/mol. The van der Waals surface area contributed by atoms with Crippen LogP contribution in [-0.2, 0) is 20.7 Å². The smallest absolute Gasteiger partial charge is 0.248 e. The van der Waals surface area contributed by atoms with Crippen molar-refractivity contribution in [2.45, 2.75) is 24.9 Å². The molecule has 0 aromatic heterocycles. The molecule has 2 aromatic rings. The number of piperidine rings is 1. The molecule has 0 saturated carbocycles. The highest BCUT2D eigenvalue weighted by atomic mass is 16.5. The van der Waals surface area contributed by atoms with E-state index in [4.69, 9.17) is 4.74 Å². The van der Waals surface area contributed by atoms with Crippen molar-refractivity contribution in [3.05, 3.63) is 60.2 Å². The number of morpholine rings is 1. The molecule has 5 nitrogen and oxygen atoms in total. The average Bonchev–Trinajstić information content (AvgIpc) is 2.73. The van der Waals surface area contributed by atoms with Crippen LogP contribution in [0.3, 0.4) is 0 Å². The monoisotopic (exact) mass is 378 g/mol. The van der Waals surface area contributed by atoms with Crippen LogP contribution in [0.15, 0.2) is 54.6 Å². The second-order valence-electron chi connectivity index (χ2n) is 7.84. The Hall–Kier alpha value is -2.66. The molecule has 146 valence electrons. The van der Waals surface area contributed by atoms with Gasteiger partial charge in [0.2, 0.25) is 11.8 Å². The quantitative estimate of drug-likeness (QED) is 0.825. The summed E-state index contributed by atoms with van der Waals surface area (Å²) in [5.41, 5.74) is 3.09. The molecule has 0 unspecified atom stereocenters. The minimum Gasteiger partial charge on any atom is -0.363 e. The summed E-state index contributed by atoms with van der Waals surface area (Å²) >= 11 is 0. The Balaban J connectivity index is 1.33. The third kappa shape index (κ3) is 3.94. The van der Waals surface area contributed by atoms with Gasteiger partial charge in [0.1, 0.15) is 6.61 Å². The Kier molecular flexibility index (Phi) is 5.18. The van der Waals surface area contributed by atoms with Crippen molar-refractivity contribution >= 4 is 11.8 Å². The first-order valence-corrected chi connectivity index (χ1v) is 9.85. The molecule has 1 spiro atoms. The Morgan fingerprint density at radius 2 is 1.64 bits per heavy atom. The number of likely N-dealkylation sites (tertiary alicyclic amines) is 1. The van der Waals surface area contributed by atoms with Crippen LogP contribution in [0.4, 0.5) is 0 Å². The molecule has 0 bridgehead atoms. The van der Waals surface area contributed by atoms with Gasteiger partial charge in [-0.3, -0.25) is 9.59 Å². The molecule has 2 saturated heterocycles. The van der Waals surface area contributed by atoms with Crippen molar-refractivity contribution in [3.8, 4) is 11.1 Å². The normalized spacial score (nSPS) is 19.1. The first kappa shape index (κ1) is 18.7.